The summed E-state index contributed by atoms with van der Waals surface area (Å²) < 4.78 is 38.3. The second-order valence-corrected chi connectivity index (χ2v) is 11.0. The predicted octanol–water partition coefficient (Wildman–Crippen LogP) is 4.90. The van der Waals surface area contributed by atoms with Gasteiger partial charge in [-0.05, 0) is 30.7 Å². The highest BCUT2D eigenvalue weighted by atomic mass is 32.2. The lowest BCUT2D eigenvalue weighted by Gasteiger charge is -2.34. The molecule has 34 heavy (non-hydrogen) atoms. The number of unbranched alkanes of at least 4 members (excludes halogenated alkanes) is 10. The molecule has 7 nitrogen and oxygen atoms in total. The van der Waals surface area contributed by atoms with E-state index in [1.165, 1.54) is 55.7 Å². The number of nitrogens with zero attached hydrogens (tertiary/aromatic N) is 1. The van der Waals surface area contributed by atoms with Crippen LogP contribution in [0.5, 0.6) is 5.75 Å². The van der Waals surface area contributed by atoms with E-state index < -0.39 is 16.1 Å². The molecule has 1 N–H and O–H groups in total. The molecular formula is C26H44N2O5S. The topological polar surface area (TPSA) is 84.9 Å². The van der Waals surface area contributed by atoms with E-state index in [4.69, 9.17) is 9.47 Å². The summed E-state index contributed by atoms with van der Waals surface area (Å²) in [7, 11) is -2.13. The van der Waals surface area contributed by atoms with Gasteiger partial charge in [-0.25, -0.2) is 8.42 Å². The highest BCUT2D eigenvalue weighted by Gasteiger charge is 2.34. The summed E-state index contributed by atoms with van der Waals surface area (Å²) in [5.74, 6) is 0.357. The van der Waals surface area contributed by atoms with Crippen molar-refractivity contribution in [2.45, 2.75) is 94.9 Å². The minimum absolute atomic E-state index is 0.0687. The lowest BCUT2D eigenvalue weighted by molar-refractivity contribution is -0.145. The van der Waals surface area contributed by atoms with Gasteiger partial charge < -0.3 is 14.8 Å². The van der Waals surface area contributed by atoms with Crippen molar-refractivity contribution in [2.75, 3.05) is 33.4 Å². The maximum Gasteiger partial charge on any atom is 0.305 e. The molecule has 194 valence electrons. The van der Waals surface area contributed by atoms with Crippen LogP contribution in [0.15, 0.2) is 29.2 Å². The first-order chi connectivity index (χ1) is 16.5. The van der Waals surface area contributed by atoms with Crippen LogP contribution in [-0.4, -0.2) is 58.1 Å². The quantitative estimate of drug-likeness (QED) is 0.244. The number of piperazine rings is 1. The molecule has 1 unspecified atom stereocenters. The van der Waals surface area contributed by atoms with Gasteiger partial charge in [-0.2, -0.15) is 4.31 Å². The zero-order chi connectivity index (χ0) is 24.7. The fourth-order valence-electron chi connectivity index (χ4n) is 4.28. The lowest BCUT2D eigenvalue weighted by Crippen LogP contribution is -2.55. The molecule has 1 aromatic rings. The first-order valence-electron chi connectivity index (χ1n) is 13.0. The fourth-order valence-corrected chi connectivity index (χ4v) is 5.89. The van der Waals surface area contributed by atoms with Crippen LogP contribution in [0.3, 0.4) is 0 Å². The summed E-state index contributed by atoms with van der Waals surface area (Å²) in [6, 6.07) is 5.95. The van der Waals surface area contributed by atoms with Crippen molar-refractivity contribution >= 4 is 16.0 Å². The van der Waals surface area contributed by atoms with Crippen LogP contribution in [-0.2, 0) is 19.6 Å². The smallest absolute Gasteiger partial charge is 0.305 e. The Bertz CT molecular complexity index is 798. The number of carbonyl (C=O) groups is 1. The normalized spacial score (nSPS) is 16.9. The number of benzene rings is 1. The van der Waals surface area contributed by atoms with Crippen LogP contribution < -0.4 is 10.1 Å². The lowest BCUT2D eigenvalue weighted by atomic mass is 10.1. The Hall–Kier alpha value is -1.64. The number of carbonyl (C=O) groups excluding carboxylic acids is 1. The molecule has 1 atom stereocenters. The molecule has 1 aromatic carbocycles. The van der Waals surface area contributed by atoms with E-state index in [2.05, 4.69) is 12.2 Å². The Kier molecular flexibility index (Phi) is 13.5. The van der Waals surface area contributed by atoms with Crippen LogP contribution in [0.1, 0.15) is 84.0 Å². The molecule has 1 aliphatic rings. The number of esters is 1. The van der Waals surface area contributed by atoms with Crippen molar-refractivity contribution in [1.82, 2.24) is 9.62 Å². The molecule has 2 rings (SSSR count). The molecule has 1 aliphatic heterocycles. The number of rotatable bonds is 17. The van der Waals surface area contributed by atoms with E-state index in [1.807, 2.05) is 0 Å². The van der Waals surface area contributed by atoms with E-state index in [0.717, 1.165) is 19.3 Å². The predicted molar refractivity (Wildman–Crippen MR) is 136 cm³/mol. The van der Waals surface area contributed by atoms with Gasteiger partial charge in [0.25, 0.3) is 0 Å². The second kappa shape index (κ2) is 16.1. The van der Waals surface area contributed by atoms with E-state index in [-0.39, 0.29) is 17.5 Å². The van der Waals surface area contributed by atoms with Crippen LogP contribution in [0.4, 0.5) is 0 Å². The maximum absolute atomic E-state index is 13.1. The number of hydrogen-bond acceptors (Lipinski definition) is 6. The molecule has 0 radical (unpaired) electrons. The Balaban J connectivity index is 1.66. The van der Waals surface area contributed by atoms with Gasteiger partial charge in [0.2, 0.25) is 10.0 Å². The average Bonchev–Trinajstić information content (AvgIpc) is 2.86. The molecule has 1 heterocycles. The number of nitrogens with one attached hydrogen (secondary N) is 1. The Morgan fingerprint density at radius 1 is 0.971 bits per heavy atom. The Morgan fingerprint density at radius 3 is 2.15 bits per heavy atom. The Labute approximate surface area is 206 Å². The molecule has 1 saturated heterocycles. The minimum Gasteiger partial charge on any atom is -0.497 e. The fraction of sp³-hybridized carbons (Fsp3) is 0.731. The third-order valence-electron chi connectivity index (χ3n) is 6.38. The van der Waals surface area contributed by atoms with Gasteiger partial charge in [0.15, 0.2) is 0 Å². The molecule has 0 bridgehead atoms. The number of hydrogen-bond donors (Lipinski definition) is 1. The SMILES string of the molecule is CCCCCCCCCCCCCC(=O)OCC1CNCCN1S(=O)(=O)c1ccc(OC)cc1. The monoisotopic (exact) mass is 496 g/mol. The molecule has 0 spiro atoms. The summed E-state index contributed by atoms with van der Waals surface area (Å²) in [4.78, 5) is 12.4. The average molecular weight is 497 g/mol. The molecule has 8 heteroatoms. The summed E-state index contributed by atoms with van der Waals surface area (Å²) >= 11 is 0. The third kappa shape index (κ3) is 9.92. The zero-order valence-electron chi connectivity index (χ0n) is 21.1. The molecule has 0 amide bonds. The van der Waals surface area contributed by atoms with Crippen molar-refractivity contribution in [3.63, 3.8) is 0 Å². The van der Waals surface area contributed by atoms with Crippen LogP contribution in [0.2, 0.25) is 0 Å². The van der Waals surface area contributed by atoms with Crippen LogP contribution >= 0.6 is 0 Å². The van der Waals surface area contributed by atoms with E-state index >= 15 is 0 Å². The van der Waals surface area contributed by atoms with Crippen LogP contribution in [0, 0.1) is 0 Å². The highest BCUT2D eigenvalue weighted by molar-refractivity contribution is 7.89. The maximum atomic E-state index is 13.1. The van der Waals surface area contributed by atoms with Crippen molar-refractivity contribution < 1.29 is 22.7 Å². The standard InChI is InChI=1S/C26H44N2O5S/c1-3-4-5-6-7-8-9-10-11-12-13-14-26(29)33-22-23-21-27-19-20-28(23)34(30,31)25-17-15-24(32-2)16-18-25/h15-18,23,27H,3-14,19-22H2,1-2H3. The number of methoxy groups -OCH3 is 1. The highest BCUT2D eigenvalue weighted by Crippen LogP contribution is 2.22. The van der Waals surface area contributed by atoms with Crippen molar-refractivity contribution in [3.8, 4) is 5.75 Å². The van der Waals surface area contributed by atoms with Gasteiger partial charge in [0.05, 0.1) is 18.0 Å². The van der Waals surface area contributed by atoms with Crippen LogP contribution in [0.25, 0.3) is 0 Å². The van der Waals surface area contributed by atoms with Crippen molar-refractivity contribution in [1.29, 1.82) is 0 Å². The van der Waals surface area contributed by atoms with Gasteiger partial charge in [0, 0.05) is 26.1 Å². The molecular weight excluding hydrogens is 452 g/mol. The van der Waals surface area contributed by atoms with E-state index in [0.29, 0.717) is 31.8 Å². The second-order valence-electron chi connectivity index (χ2n) is 9.12. The van der Waals surface area contributed by atoms with Gasteiger partial charge in [-0.15, -0.1) is 0 Å². The van der Waals surface area contributed by atoms with E-state index in [1.54, 1.807) is 31.4 Å². The van der Waals surface area contributed by atoms with E-state index in [9.17, 15) is 13.2 Å². The van der Waals surface area contributed by atoms with Gasteiger partial charge in [0.1, 0.15) is 12.4 Å². The van der Waals surface area contributed by atoms with Gasteiger partial charge in [-0.1, -0.05) is 71.1 Å². The third-order valence-corrected chi connectivity index (χ3v) is 8.35. The summed E-state index contributed by atoms with van der Waals surface area (Å²) in [6.45, 7) is 3.68. The molecule has 0 aromatic heterocycles. The molecule has 0 saturated carbocycles. The van der Waals surface area contributed by atoms with Gasteiger partial charge in [-0.3, -0.25) is 4.79 Å². The summed E-state index contributed by atoms with van der Waals surface area (Å²) in [5.41, 5.74) is 0. The largest absolute Gasteiger partial charge is 0.497 e. The number of sulfonamides is 1. The Morgan fingerprint density at radius 2 is 1.56 bits per heavy atom. The van der Waals surface area contributed by atoms with Gasteiger partial charge >= 0.3 is 5.97 Å². The first kappa shape index (κ1) is 28.6. The number of ether oxygens (including phenoxy) is 2. The summed E-state index contributed by atoms with van der Waals surface area (Å²) in [6.07, 6.45) is 13.9. The summed E-state index contributed by atoms with van der Waals surface area (Å²) in [5, 5.41) is 3.20. The zero-order valence-corrected chi connectivity index (χ0v) is 21.9. The molecule has 1 fully saturated rings. The van der Waals surface area contributed by atoms with Crippen molar-refractivity contribution in [3.05, 3.63) is 24.3 Å². The molecule has 0 aliphatic carbocycles. The first-order valence-corrected chi connectivity index (χ1v) is 14.4. The minimum atomic E-state index is -3.68. The van der Waals surface area contributed by atoms with Crippen molar-refractivity contribution in [2.24, 2.45) is 0 Å².